The second kappa shape index (κ2) is 7.52. The van der Waals surface area contributed by atoms with Gasteiger partial charge >= 0.3 is 0 Å². The van der Waals surface area contributed by atoms with Gasteiger partial charge in [-0.2, -0.15) is 0 Å². The number of amides is 2. The Morgan fingerprint density at radius 2 is 1.93 bits per heavy atom. The van der Waals surface area contributed by atoms with Crippen LogP contribution in [0.1, 0.15) is 29.0 Å². The van der Waals surface area contributed by atoms with Gasteiger partial charge in [-0.1, -0.05) is 23.7 Å². The fraction of sp³-hybridized carbons (Fsp3) is 0.500. The zero-order chi connectivity index (χ0) is 19.0. The summed E-state index contributed by atoms with van der Waals surface area (Å²) in [6.45, 7) is 5.36. The summed E-state index contributed by atoms with van der Waals surface area (Å²) < 4.78 is 11.1. The highest BCUT2D eigenvalue weighted by atomic mass is 35.5. The molecule has 6 nitrogen and oxygen atoms in total. The molecule has 2 fully saturated rings. The number of morpholine rings is 1. The van der Waals surface area contributed by atoms with Crippen LogP contribution in [0, 0.1) is 12.8 Å². The van der Waals surface area contributed by atoms with E-state index in [9.17, 15) is 9.59 Å². The molecule has 144 valence electrons. The number of fused-ring (bicyclic) bond motifs is 1. The van der Waals surface area contributed by atoms with Crippen molar-refractivity contribution in [3.05, 3.63) is 34.5 Å². The van der Waals surface area contributed by atoms with E-state index in [2.05, 4.69) is 0 Å². The third-order valence-electron chi connectivity index (χ3n) is 5.49. The summed E-state index contributed by atoms with van der Waals surface area (Å²) >= 11 is 6.20. The van der Waals surface area contributed by atoms with Crippen LogP contribution < -0.4 is 0 Å². The SMILES string of the molecule is Cc1c(C(=O)N2CCCC(C(=O)N3CCOCC3)C2)oc2c(Cl)cccc12. The number of carbonyl (C=O) groups excluding carboxylic acids is 2. The molecule has 1 unspecified atom stereocenters. The molecule has 2 amide bonds. The van der Waals surface area contributed by atoms with Gasteiger partial charge in [0.05, 0.1) is 24.2 Å². The number of rotatable bonds is 2. The van der Waals surface area contributed by atoms with Crippen LogP contribution in [0.3, 0.4) is 0 Å². The Hall–Kier alpha value is -2.05. The molecule has 0 spiro atoms. The second-order valence-corrected chi connectivity index (χ2v) is 7.61. The smallest absolute Gasteiger partial charge is 0.289 e. The van der Waals surface area contributed by atoms with Gasteiger partial charge in [0.1, 0.15) is 0 Å². The molecular weight excluding hydrogens is 368 g/mol. The van der Waals surface area contributed by atoms with Crippen LogP contribution >= 0.6 is 11.6 Å². The van der Waals surface area contributed by atoms with Gasteiger partial charge in [-0.05, 0) is 25.8 Å². The second-order valence-electron chi connectivity index (χ2n) is 7.20. The highest BCUT2D eigenvalue weighted by Gasteiger charge is 2.33. The molecule has 7 heteroatoms. The fourth-order valence-corrected chi connectivity index (χ4v) is 4.17. The van der Waals surface area contributed by atoms with E-state index in [-0.39, 0.29) is 17.7 Å². The van der Waals surface area contributed by atoms with Gasteiger partial charge in [0.2, 0.25) is 5.91 Å². The number of likely N-dealkylation sites (tertiary alicyclic amines) is 1. The van der Waals surface area contributed by atoms with Crippen LogP contribution in [0.5, 0.6) is 0 Å². The van der Waals surface area contributed by atoms with Crippen molar-refractivity contribution in [2.75, 3.05) is 39.4 Å². The lowest BCUT2D eigenvalue weighted by molar-refractivity contribution is -0.141. The quantitative estimate of drug-likeness (QED) is 0.790. The normalized spacial score (nSPS) is 20.9. The van der Waals surface area contributed by atoms with E-state index in [0.29, 0.717) is 55.8 Å². The van der Waals surface area contributed by atoms with Crippen molar-refractivity contribution < 1.29 is 18.7 Å². The molecule has 0 aliphatic carbocycles. The highest BCUT2D eigenvalue weighted by Crippen LogP contribution is 2.32. The number of ether oxygens (including phenoxy) is 1. The molecule has 2 aromatic rings. The molecule has 0 radical (unpaired) electrons. The van der Waals surface area contributed by atoms with E-state index in [4.69, 9.17) is 20.8 Å². The van der Waals surface area contributed by atoms with E-state index < -0.39 is 0 Å². The van der Waals surface area contributed by atoms with Crippen molar-refractivity contribution >= 4 is 34.4 Å². The van der Waals surface area contributed by atoms with Gasteiger partial charge < -0.3 is 19.0 Å². The standard InChI is InChI=1S/C20H23ClN2O4/c1-13-15-5-2-6-16(21)18(15)27-17(13)20(25)23-7-3-4-14(12-23)19(24)22-8-10-26-11-9-22/h2,5-6,14H,3-4,7-12H2,1H3. The first-order valence-corrected chi connectivity index (χ1v) is 9.77. The van der Waals surface area contributed by atoms with Crippen molar-refractivity contribution in [2.45, 2.75) is 19.8 Å². The Bertz CT molecular complexity index is 872. The van der Waals surface area contributed by atoms with Gasteiger partial charge in [-0.3, -0.25) is 9.59 Å². The Labute approximate surface area is 163 Å². The minimum Gasteiger partial charge on any atom is -0.449 e. The van der Waals surface area contributed by atoms with Crippen LogP contribution in [0.2, 0.25) is 5.02 Å². The van der Waals surface area contributed by atoms with Crippen molar-refractivity contribution in [3.8, 4) is 0 Å². The summed E-state index contributed by atoms with van der Waals surface area (Å²) in [5, 5.41) is 1.34. The molecule has 1 atom stereocenters. The van der Waals surface area contributed by atoms with Crippen LogP contribution in [0.15, 0.2) is 22.6 Å². The van der Waals surface area contributed by atoms with Crippen molar-refractivity contribution in [2.24, 2.45) is 5.92 Å². The number of furan rings is 1. The first-order chi connectivity index (χ1) is 13.1. The summed E-state index contributed by atoms with van der Waals surface area (Å²) in [5.74, 6) is 0.117. The van der Waals surface area contributed by atoms with Gasteiger partial charge in [0, 0.05) is 37.1 Å². The number of nitrogens with zero attached hydrogens (tertiary/aromatic N) is 2. The van der Waals surface area contributed by atoms with Gasteiger partial charge in [-0.25, -0.2) is 0 Å². The molecule has 1 aromatic carbocycles. The number of aryl methyl sites for hydroxylation is 1. The zero-order valence-electron chi connectivity index (χ0n) is 15.4. The average molecular weight is 391 g/mol. The summed E-state index contributed by atoms with van der Waals surface area (Å²) in [4.78, 5) is 29.5. The third-order valence-corrected chi connectivity index (χ3v) is 5.79. The van der Waals surface area contributed by atoms with E-state index in [1.807, 2.05) is 24.0 Å². The maximum absolute atomic E-state index is 13.1. The Kier molecular flexibility index (Phi) is 5.10. The Morgan fingerprint density at radius 3 is 2.67 bits per heavy atom. The first-order valence-electron chi connectivity index (χ1n) is 9.39. The molecule has 2 saturated heterocycles. The van der Waals surface area contributed by atoms with Crippen LogP contribution in [-0.4, -0.2) is 61.0 Å². The first kappa shape index (κ1) is 18.3. The molecule has 2 aliphatic rings. The molecule has 27 heavy (non-hydrogen) atoms. The van der Waals surface area contributed by atoms with Crippen molar-refractivity contribution in [1.29, 1.82) is 0 Å². The molecule has 2 aliphatic heterocycles. The number of hydrogen-bond acceptors (Lipinski definition) is 4. The molecule has 0 saturated carbocycles. The molecule has 1 aromatic heterocycles. The third kappa shape index (κ3) is 3.44. The van der Waals surface area contributed by atoms with Crippen molar-refractivity contribution in [3.63, 3.8) is 0 Å². The number of hydrogen-bond donors (Lipinski definition) is 0. The highest BCUT2D eigenvalue weighted by molar-refractivity contribution is 6.35. The van der Waals surface area contributed by atoms with Gasteiger partial charge in [0.15, 0.2) is 11.3 Å². The maximum Gasteiger partial charge on any atom is 0.289 e. The summed E-state index contributed by atoms with van der Waals surface area (Å²) in [6.07, 6.45) is 1.62. The lowest BCUT2D eigenvalue weighted by Crippen LogP contribution is -2.49. The molecular formula is C20H23ClN2O4. The van der Waals surface area contributed by atoms with E-state index in [1.165, 1.54) is 0 Å². The topological polar surface area (TPSA) is 63.0 Å². The van der Waals surface area contributed by atoms with Crippen LogP contribution in [0.4, 0.5) is 0 Å². The van der Waals surface area contributed by atoms with Gasteiger partial charge in [0.25, 0.3) is 5.91 Å². The van der Waals surface area contributed by atoms with E-state index in [1.54, 1.807) is 11.0 Å². The van der Waals surface area contributed by atoms with E-state index >= 15 is 0 Å². The summed E-state index contributed by atoms with van der Waals surface area (Å²) in [7, 11) is 0. The molecule has 3 heterocycles. The largest absolute Gasteiger partial charge is 0.449 e. The zero-order valence-corrected chi connectivity index (χ0v) is 16.1. The van der Waals surface area contributed by atoms with Crippen LogP contribution in [-0.2, 0) is 9.53 Å². The summed E-state index contributed by atoms with van der Waals surface area (Å²) in [6, 6.07) is 5.50. The number of benzene rings is 1. The molecule has 0 bridgehead atoms. The Morgan fingerprint density at radius 1 is 1.15 bits per heavy atom. The summed E-state index contributed by atoms with van der Waals surface area (Å²) in [5.41, 5.74) is 1.33. The minimum absolute atomic E-state index is 0.125. The number of para-hydroxylation sites is 1. The average Bonchev–Trinajstić information content (AvgIpc) is 3.06. The van der Waals surface area contributed by atoms with Crippen molar-refractivity contribution in [1.82, 2.24) is 9.80 Å². The fourth-order valence-electron chi connectivity index (χ4n) is 3.96. The predicted molar refractivity (Wildman–Crippen MR) is 102 cm³/mol. The molecule has 4 rings (SSSR count). The number of carbonyl (C=O) groups is 2. The number of halogens is 1. The van der Waals surface area contributed by atoms with Crippen LogP contribution in [0.25, 0.3) is 11.0 Å². The Balaban J connectivity index is 1.53. The van der Waals surface area contributed by atoms with E-state index in [0.717, 1.165) is 23.8 Å². The molecule has 0 N–H and O–H groups in total. The lowest BCUT2D eigenvalue weighted by atomic mass is 9.96. The maximum atomic E-state index is 13.1. The monoisotopic (exact) mass is 390 g/mol. The number of piperidine rings is 1. The minimum atomic E-state index is -0.167. The van der Waals surface area contributed by atoms with Gasteiger partial charge in [-0.15, -0.1) is 0 Å². The predicted octanol–water partition coefficient (Wildman–Crippen LogP) is 3.11. The lowest BCUT2D eigenvalue weighted by Gasteiger charge is -2.36.